The maximum Gasteiger partial charge on any atom is 0.273 e. The fourth-order valence-electron chi connectivity index (χ4n) is 2.82. The van der Waals surface area contributed by atoms with Crippen LogP contribution in [0.2, 0.25) is 0 Å². The van der Waals surface area contributed by atoms with E-state index in [1.807, 2.05) is 27.7 Å². The second-order valence-corrected chi connectivity index (χ2v) is 9.69. The molecule has 0 fully saturated rings. The lowest BCUT2D eigenvalue weighted by molar-refractivity contribution is 0.100. The van der Waals surface area contributed by atoms with E-state index in [-0.39, 0.29) is 21.6 Å². The summed E-state index contributed by atoms with van der Waals surface area (Å²) in [6.07, 6.45) is 1.44. The number of hydrogen-bond acceptors (Lipinski definition) is 4. The van der Waals surface area contributed by atoms with Gasteiger partial charge in [-0.2, -0.15) is 4.31 Å². The molecule has 0 saturated heterocycles. The summed E-state index contributed by atoms with van der Waals surface area (Å²) >= 11 is 0. The highest BCUT2D eigenvalue weighted by Gasteiger charge is 2.32. The van der Waals surface area contributed by atoms with Gasteiger partial charge in [0.25, 0.3) is 15.9 Å². The summed E-state index contributed by atoms with van der Waals surface area (Å²) in [4.78, 5) is 17.7. The van der Waals surface area contributed by atoms with Crippen LogP contribution in [-0.4, -0.2) is 19.3 Å². The predicted octanol–water partition coefficient (Wildman–Crippen LogP) is 4.72. The number of benzene rings is 2. The van der Waals surface area contributed by atoms with Crippen LogP contribution in [0.15, 0.2) is 77.8 Å². The van der Waals surface area contributed by atoms with Crippen LogP contribution in [0, 0.1) is 6.92 Å². The minimum Gasteiger partial charge on any atom is -0.268 e. The number of carbonyl (C=O) groups is 1. The van der Waals surface area contributed by atoms with Gasteiger partial charge in [0.15, 0.2) is 0 Å². The molecule has 0 unspecified atom stereocenters. The van der Waals surface area contributed by atoms with Crippen LogP contribution in [0.25, 0.3) is 0 Å². The molecule has 0 saturated carbocycles. The highest BCUT2D eigenvalue weighted by atomic mass is 32.2. The van der Waals surface area contributed by atoms with Gasteiger partial charge in [-0.1, -0.05) is 56.7 Å². The third kappa shape index (κ3) is 4.38. The number of pyridine rings is 1. The highest BCUT2D eigenvalue weighted by Crippen LogP contribution is 2.27. The van der Waals surface area contributed by atoms with Gasteiger partial charge in [0, 0.05) is 17.3 Å². The van der Waals surface area contributed by atoms with Gasteiger partial charge in [-0.15, -0.1) is 0 Å². The maximum atomic E-state index is 13.3. The van der Waals surface area contributed by atoms with Crippen LogP contribution in [0.5, 0.6) is 0 Å². The fourth-order valence-corrected chi connectivity index (χ4v) is 4.26. The summed E-state index contributed by atoms with van der Waals surface area (Å²) in [5.74, 6) is -0.648. The molecule has 1 amide bonds. The van der Waals surface area contributed by atoms with Gasteiger partial charge in [0.05, 0.1) is 16.1 Å². The first kappa shape index (κ1) is 20.7. The van der Waals surface area contributed by atoms with Crippen molar-refractivity contribution >= 4 is 21.6 Å². The number of sulfonamides is 1. The molecule has 0 atom stereocenters. The molecular weight excluding hydrogens is 384 g/mol. The molecule has 1 heterocycles. The van der Waals surface area contributed by atoms with E-state index >= 15 is 0 Å². The number of hydrogen-bond donors (Lipinski definition) is 0. The van der Waals surface area contributed by atoms with Gasteiger partial charge in [-0.05, 0) is 43.3 Å². The molecule has 0 aliphatic heterocycles. The Morgan fingerprint density at radius 1 is 0.897 bits per heavy atom. The molecule has 0 bridgehead atoms. The van der Waals surface area contributed by atoms with Gasteiger partial charge >= 0.3 is 0 Å². The first-order valence-electron chi connectivity index (χ1n) is 9.28. The molecule has 5 nitrogen and oxygen atoms in total. The summed E-state index contributed by atoms with van der Waals surface area (Å²) in [7, 11) is -4.10. The van der Waals surface area contributed by atoms with Gasteiger partial charge in [-0.25, -0.2) is 8.42 Å². The summed E-state index contributed by atoms with van der Waals surface area (Å²) < 4.78 is 27.5. The molecule has 3 rings (SSSR count). The third-order valence-corrected chi connectivity index (χ3v) is 6.24. The second-order valence-electron chi connectivity index (χ2n) is 7.91. The first-order valence-corrected chi connectivity index (χ1v) is 10.7. The van der Waals surface area contributed by atoms with E-state index in [1.165, 1.54) is 18.3 Å². The van der Waals surface area contributed by atoms with Crippen molar-refractivity contribution < 1.29 is 13.2 Å². The van der Waals surface area contributed by atoms with Gasteiger partial charge < -0.3 is 0 Å². The molecule has 0 N–H and O–H groups in total. The number of anilines is 1. The zero-order chi connectivity index (χ0) is 21.2. The van der Waals surface area contributed by atoms with E-state index in [1.54, 1.807) is 54.6 Å². The zero-order valence-corrected chi connectivity index (χ0v) is 17.8. The van der Waals surface area contributed by atoms with Crippen LogP contribution >= 0.6 is 0 Å². The normalized spacial score (nSPS) is 11.9. The monoisotopic (exact) mass is 408 g/mol. The Labute approximate surface area is 172 Å². The summed E-state index contributed by atoms with van der Waals surface area (Å²) in [5.41, 5.74) is 2.10. The maximum absolute atomic E-state index is 13.3. The molecule has 3 aromatic rings. The molecule has 1 aromatic heterocycles. The SMILES string of the molecule is Cc1ccc(N(C(=O)c2ccc(C(C)(C)C)nc2)S(=O)(=O)c2ccccc2)cc1. The quantitative estimate of drug-likeness (QED) is 0.626. The van der Waals surface area contributed by atoms with Crippen LogP contribution in [-0.2, 0) is 15.4 Å². The number of nitrogens with zero attached hydrogens (tertiary/aromatic N) is 2. The van der Waals surface area contributed by atoms with Crippen molar-refractivity contribution in [1.82, 2.24) is 4.98 Å². The lowest BCUT2D eigenvalue weighted by Gasteiger charge is -2.23. The molecule has 0 spiro atoms. The van der Waals surface area contributed by atoms with Crippen LogP contribution < -0.4 is 4.31 Å². The number of amides is 1. The Morgan fingerprint density at radius 3 is 2.03 bits per heavy atom. The number of aryl methyl sites for hydroxylation is 1. The summed E-state index contributed by atoms with van der Waals surface area (Å²) in [6, 6.07) is 18.1. The molecule has 6 heteroatoms. The number of aromatic nitrogens is 1. The van der Waals surface area contributed by atoms with E-state index in [2.05, 4.69) is 4.98 Å². The summed E-state index contributed by atoms with van der Waals surface area (Å²) in [6.45, 7) is 7.97. The van der Waals surface area contributed by atoms with E-state index in [9.17, 15) is 13.2 Å². The Kier molecular flexibility index (Phi) is 5.57. The largest absolute Gasteiger partial charge is 0.273 e. The minimum absolute atomic E-state index is 0.0493. The van der Waals surface area contributed by atoms with E-state index in [4.69, 9.17) is 0 Å². The first-order chi connectivity index (χ1) is 13.6. The Hall–Kier alpha value is -2.99. The van der Waals surface area contributed by atoms with Crippen molar-refractivity contribution in [2.75, 3.05) is 4.31 Å². The average molecular weight is 409 g/mol. The Morgan fingerprint density at radius 2 is 1.52 bits per heavy atom. The van der Waals surface area contributed by atoms with Crippen LogP contribution in [0.1, 0.15) is 42.4 Å². The van der Waals surface area contributed by atoms with Gasteiger partial charge in [0.1, 0.15) is 0 Å². The molecular formula is C23H24N2O3S. The lowest BCUT2D eigenvalue weighted by Crippen LogP contribution is -2.37. The molecule has 0 aliphatic rings. The van der Waals surface area contributed by atoms with E-state index < -0.39 is 15.9 Å². The Balaban J connectivity index is 2.10. The van der Waals surface area contributed by atoms with E-state index in [0.717, 1.165) is 15.6 Å². The number of rotatable bonds is 4. The fraction of sp³-hybridized carbons (Fsp3) is 0.217. The topological polar surface area (TPSA) is 67.3 Å². The van der Waals surface area contributed by atoms with Crippen LogP contribution in [0.3, 0.4) is 0 Å². The van der Waals surface area contributed by atoms with E-state index in [0.29, 0.717) is 0 Å². The molecule has 0 radical (unpaired) electrons. The van der Waals surface area contributed by atoms with Crippen molar-refractivity contribution in [3.63, 3.8) is 0 Å². The standard InChI is InChI=1S/C23H24N2O3S/c1-17-10-13-19(14-11-17)25(29(27,28)20-8-6-5-7-9-20)22(26)18-12-15-21(24-16-18)23(2,3)4/h5-16H,1-4H3. The smallest absolute Gasteiger partial charge is 0.268 e. The zero-order valence-electron chi connectivity index (χ0n) is 17.0. The molecule has 0 aliphatic carbocycles. The third-order valence-electron chi connectivity index (χ3n) is 4.51. The predicted molar refractivity (Wildman–Crippen MR) is 115 cm³/mol. The second kappa shape index (κ2) is 7.79. The van der Waals surface area contributed by atoms with Crippen molar-refractivity contribution in [3.8, 4) is 0 Å². The van der Waals surface area contributed by atoms with Crippen molar-refractivity contribution in [2.24, 2.45) is 0 Å². The van der Waals surface area contributed by atoms with Crippen molar-refractivity contribution in [3.05, 3.63) is 89.7 Å². The van der Waals surface area contributed by atoms with Crippen molar-refractivity contribution in [1.29, 1.82) is 0 Å². The highest BCUT2D eigenvalue weighted by molar-refractivity contribution is 7.93. The Bertz CT molecular complexity index is 1100. The van der Waals surface area contributed by atoms with Crippen molar-refractivity contribution in [2.45, 2.75) is 38.0 Å². The molecule has 150 valence electrons. The number of carbonyl (C=O) groups excluding carboxylic acids is 1. The average Bonchev–Trinajstić information content (AvgIpc) is 2.69. The molecule has 29 heavy (non-hydrogen) atoms. The molecule has 2 aromatic carbocycles. The lowest BCUT2D eigenvalue weighted by atomic mass is 9.91. The van der Waals surface area contributed by atoms with Gasteiger partial charge in [0.2, 0.25) is 0 Å². The van der Waals surface area contributed by atoms with Gasteiger partial charge in [-0.3, -0.25) is 9.78 Å². The van der Waals surface area contributed by atoms with Crippen LogP contribution in [0.4, 0.5) is 5.69 Å². The minimum atomic E-state index is -4.10. The summed E-state index contributed by atoms with van der Waals surface area (Å²) in [5, 5.41) is 0.